The molecule has 2 rings (SSSR count). The van der Waals surface area contributed by atoms with Gasteiger partial charge in [0.05, 0.1) is 5.60 Å². The zero-order valence-corrected chi connectivity index (χ0v) is 10.8. The van der Waals surface area contributed by atoms with Crippen LogP contribution >= 0.6 is 11.6 Å². The quantitative estimate of drug-likeness (QED) is 0.870. The summed E-state index contributed by atoms with van der Waals surface area (Å²) in [6.07, 6.45) is 5.14. The van der Waals surface area contributed by atoms with Gasteiger partial charge >= 0.3 is 0 Å². The molecule has 17 heavy (non-hydrogen) atoms. The smallest absolute Gasteiger partial charge is 0.0728 e. The first-order valence-corrected chi connectivity index (χ1v) is 6.71. The highest BCUT2D eigenvalue weighted by Gasteiger charge is 2.37. The van der Waals surface area contributed by atoms with Crippen LogP contribution in [0, 0.1) is 0 Å². The molecule has 0 bridgehead atoms. The fourth-order valence-electron chi connectivity index (χ4n) is 2.87. The predicted molar refractivity (Wildman–Crippen MR) is 71.3 cm³/mol. The van der Waals surface area contributed by atoms with Gasteiger partial charge in [-0.25, -0.2) is 0 Å². The number of halogens is 1. The van der Waals surface area contributed by atoms with Crippen LogP contribution in [0.5, 0.6) is 0 Å². The molecule has 1 aliphatic rings. The molecule has 0 amide bonds. The standard InChI is InChI=1S/C14H20ClNO/c15-12-6-4-11(5-7-12)13(10-16)14(17)8-2-1-3-9-14/h4-7,13,17H,1-3,8-10,16H2. The first-order chi connectivity index (χ1) is 8.15. The van der Waals surface area contributed by atoms with Crippen molar-refractivity contribution in [3.05, 3.63) is 34.9 Å². The molecule has 0 saturated heterocycles. The van der Waals surface area contributed by atoms with E-state index in [0.717, 1.165) is 36.3 Å². The van der Waals surface area contributed by atoms with Crippen molar-refractivity contribution >= 4 is 11.6 Å². The second kappa shape index (κ2) is 5.38. The lowest BCUT2D eigenvalue weighted by Gasteiger charge is -2.39. The maximum atomic E-state index is 10.7. The first-order valence-electron chi connectivity index (χ1n) is 6.33. The molecule has 1 saturated carbocycles. The average Bonchev–Trinajstić information content (AvgIpc) is 2.33. The molecule has 1 atom stereocenters. The van der Waals surface area contributed by atoms with Gasteiger partial charge in [0.25, 0.3) is 0 Å². The highest BCUT2D eigenvalue weighted by Crippen LogP contribution is 2.39. The molecule has 0 aliphatic heterocycles. The third-order valence-corrected chi connectivity index (χ3v) is 4.13. The fraction of sp³-hybridized carbons (Fsp3) is 0.571. The van der Waals surface area contributed by atoms with E-state index in [2.05, 4.69) is 0 Å². The normalized spacial score (nSPS) is 21.1. The van der Waals surface area contributed by atoms with Crippen LogP contribution in [0.25, 0.3) is 0 Å². The first kappa shape index (κ1) is 12.9. The van der Waals surface area contributed by atoms with Gasteiger partial charge in [0.2, 0.25) is 0 Å². The molecule has 1 aromatic rings. The van der Waals surface area contributed by atoms with Gasteiger partial charge in [-0.1, -0.05) is 43.0 Å². The van der Waals surface area contributed by atoms with Crippen LogP contribution in [0.15, 0.2) is 24.3 Å². The molecule has 0 spiro atoms. The lowest BCUT2D eigenvalue weighted by Crippen LogP contribution is -2.41. The summed E-state index contributed by atoms with van der Waals surface area (Å²) < 4.78 is 0. The van der Waals surface area contributed by atoms with Gasteiger partial charge < -0.3 is 10.8 Å². The Hall–Kier alpha value is -0.570. The Morgan fingerprint density at radius 3 is 2.29 bits per heavy atom. The molecular formula is C14H20ClNO. The number of hydrogen-bond acceptors (Lipinski definition) is 2. The molecule has 1 fully saturated rings. The minimum absolute atomic E-state index is 0.0278. The van der Waals surface area contributed by atoms with Crippen molar-refractivity contribution < 1.29 is 5.11 Å². The van der Waals surface area contributed by atoms with Gasteiger partial charge in [-0.05, 0) is 30.5 Å². The average molecular weight is 254 g/mol. The Morgan fingerprint density at radius 1 is 1.18 bits per heavy atom. The zero-order chi connectivity index (χ0) is 12.3. The van der Waals surface area contributed by atoms with E-state index in [9.17, 15) is 5.11 Å². The van der Waals surface area contributed by atoms with Crippen molar-refractivity contribution in [2.75, 3.05) is 6.54 Å². The van der Waals surface area contributed by atoms with E-state index < -0.39 is 5.60 Å². The van der Waals surface area contributed by atoms with Crippen LogP contribution in [-0.4, -0.2) is 17.3 Å². The number of nitrogens with two attached hydrogens (primary N) is 1. The summed E-state index contributed by atoms with van der Waals surface area (Å²) in [5.74, 6) is 0.0278. The van der Waals surface area contributed by atoms with Crippen molar-refractivity contribution in [2.24, 2.45) is 5.73 Å². The van der Waals surface area contributed by atoms with E-state index in [1.165, 1.54) is 6.42 Å². The summed E-state index contributed by atoms with van der Waals surface area (Å²) in [5, 5.41) is 11.5. The van der Waals surface area contributed by atoms with Gasteiger partial charge in [-0.3, -0.25) is 0 Å². The molecule has 2 nitrogen and oxygen atoms in total. The molecule has 94 valence electrons. The summed E-state index contributed by atoms with van der Waals surface area (Å²) >= 11 is 5.89. The Bertz CT molecular complexity index is 357. The molecule has 1 aliphatic carbocycles. The predicted octanol–water partition coefficient (Wildman–Crippen LogP) is 3.08. The van der Waals surface area contributed by atoms with E-state index in [4.69, 9.17) is 17.3 Å². The van der Waals surface area contributed by atoms with Crippen LogP contribution in [0.4, 0.5) is 0 Å². The molecule has 0 heterocycles. The number of benzene rings is 1. The maximum absolute atomic E-state index is 10.7. The third-order valence-electron chi connectivity index (χ3n) is 3.88. The molecule has 1 unspecified atom stereocenters. The SMILES string of the molecule is NCC(c1ccc(Cl)cc1)C1(O)CCCCC1. The van der Waals surface area contributed by atoms with Crippen LogP contribution < -0.4 is 5.73 Å². The minimum atomic E-state index is -0.624. The minimum Gasteiger partial charge on any atom is -0.389 e. The molecule has 3 heteroatoms. The Kier molecular flexibility index (Phi) is 4.08. The largest absolute Gasteiger partial charge is 0.389 e. The van der Waals surface area contributed by atoms with Crippen molar-refractivity contribution in [1.29, 1.82) is 0 Å². The van der Waals surface area contributed by atoms with Crippen molar-refractivity contribution in [3.8, 4) is 0 Å². The van der Waals surface area contributed by atoms with Crippen molar-refractivity contribution in [3.63, 3.8) is 0 Å². The fourth-order valence-corrected chi connectivity index (χ4v) is 3.00. The Morgan fingerprint density at radius 2 is 1.76 bits per heavy atom. The van der Waals surface area contributed by atoms with Crippen LogP contribution in [0.3, 0.4) is 0 Å². The molecule has 3 N–H and O–H groups in total. The summed E-state index contributed by atoms with van der Waals surface area (Å²) in [6.45, 7) is 0.484. The topological polar surface area (TPSA) is 46.2 Å². The van der Waals surface area contributed by atoms with Gasteiger partial charge in [0.15, 0.2) is 0 Å². The van der Waals surface area contributed by atoms with Crippen LogP contribution in [0.1, 0.15) is 43.6 Å². The van der Waals surface area contributed by atoms with Gasteiger partial charge in [-0.2, -0.15) is 0 Å². The zero-order valence-electron chi connectivity index (χ0n) is 10.0. The molecule has 0 radical (unpaired) electrons. The maximum Gasteiger partial charge on any atom is 0.0728 e. The van der Waals surface area contributed by atoms with E-state index in [-0.39, 0.29) is 5.92 Å². The van der Waals surface area contributed by atoms with Gasteiger partial charge in [-0.15, -0.1) is 0 Å². The second-order valence-electron chi connectivity index (χ2n) is 5.00. The Labute approximate surface area is 108 Å². The number of hydrogen-bond donors (Lipinski definition) is 2. The van der Waals surface area contributed by atoms with E-state index in [1.807, 2.05) is 24.3 Å². The molecular weight excluding hydrogens is 234 g/mol. The molecule has 1 aromatic carbocycles. The van der Waals surface area contributed by atoms with E-state index in [1.54, 1.807) is 0 Å². The molecule has 0 aromatic heterocycles. The van der Waals surface area contributed by atoms with E-state index in [0.29, 0.717) is 6.54 Å². The summed E-state index contributed by atoms with van der Waals surface area (Å²) in [4.78, 5) is 0. The van der Waals surface area contributed by atoms with Crippen molar-refractivity contribution in [1.82, 2.24) is 0 Å². The Balaban J connectivity index is 2.22. The highest BCUT2D eigenvalue weighted by atomic mass is 35.5. The van der Waals surface area contributed by atoms with Crippen LogP contribution in [0.2, 0.25) is 5.02 Å². The van der Waals surface area contributed by atoms with Gasteiger partial charge in [0, 0.05) is 17.5 Å². The monoisotopic (exact) mass is 253 g/mol. The summed E-state index contributed by atoms with van der Waals surface area (Å²) in [6, 6.07) is 7.69. The summed E-state index contributed by atoms with van der Waals surface area (Å²) in [7, 11) is 0. The summed E-state index contributed by atoms with van der Waals surface area (Å²) in [5.41, 5.74) is 6.34. The van der Waals surface area contributed by atoms with Crippen LogP contribution in [-0.2, 0) is 0 Å². The number of rotatable bonds is 3. The third kappa shape index (κ3) is 2.82. The van der Waals surface area contributed by atoms with Gasteiger partial charge in [0.1, 0.15) is 0 Å². The second-order valence-corrected chi connectivity index (χ2v) is 5.44. The van der Waals surface area contributed by atoms with Crippen molar-refractivity contribution in [2.45, 2.75) is 43.6 Å². The lowest BCUT2D eigenvalue weighted by molar-refractivity contribution is -0.0194. The number of aliphatic hydroxyl groups is 1. The lowest BCUT2D eigenvalue weighted by atomic mass is 9.73. The highest BCUT2D eigenvalue weighted by molar-refractivity contribution is 6.30. The van der Waals surface area contributed by atoms with E-state index >= 15 is 0 Å².